The largest absolute Gasteiger partial charge is 0.481 e. The monoisotopic (exact) mass is 697 g/mol. The Kier molecular flexibility index (Phi) is 10.3. The summed E-state index contributed by atoms with van der Waals surface area (Å²) >= 11 is 0. The molecule has 0 saturated heterocycles. The molecule has 0 radical (unpaired) electrons. The quantitative estimate of drug-likeness (QED) is 0.148. The highest BCUT2D eigenvalue weighted by Crippen LogP contribution is 2.79. The number of carboxylic acid groups (broad SMARTS) is 1. The van der Waals surface area contributed by atoms with Crippen LogP contribution in [0, 0.1) is 67.5 Å². The number of ether oxygens (including phenoxy) is 1. The summed E-state index contributed by atoms with van der Waals surface area (Å²) in [6.07, 6.45) is 19.6. The standard InChI is InChI=1S/C44H76N2O4/c1-38(2,37(48)49)29-35(47)50-34-17-18-41(6)32(39(34,3)4)16-19-43(8)33(41)14-13-31-36-30(40(5)21-22-40)15-20-44(36,24-23-42(31,43)7)25-27-45-26-11-12-28-46(9)10/h30-34,36,45H,11-29H2,1-10H3,(H,48,49)/t30?,31-,32+,33-,34+,36-,41+,42-,43-,44-/m1/s1. The van der Waals surface area contributed by atoms with Gasteiger partial charge in [-0.25, -0.2) is 0 Å². The minimum absolute atomic E-state index is 0.0766. The highest BCUT2D eigenvalue weighted by Gasteiger charge is 2.72. The van der Waals surface area contributed by atoms with Crippen molar-refractivity contribution in [3.8, 4) is 0 Å². The molecular weight excluding hydrogens is 620 g/mol. The van der Waals surface area contributed by atoms with Gasteiger partial charge in [0.25, 0.3) is 0 Å². The number of nitrogens with one attached hydrogen (secondary N) is 1. The summed E-state index contributed by atoms with van der Waals surface area (Å²) < 4.78 is 6.22. The van der Waals surface area contributed by atoms with E-state index in [4.69, 9.17) is 4.74 Å². The van der Waals surface area contributed by atoms with Crippen molar-refractivity contribution in [1.29, 1.82) is 0 Å². The van der Waals surface area contributed by atoms with E-state index in [2.05, 4.69) is 65.9 Å². The van der Waals surface area contributed by atoms with Gasteiger partial charge in [-0.05, 0) is 201 Å². The second-order valence-corrected chi connectivity index (χ2v) is 21.6. The van der Waals surface area contributed by atoms with E-state index in [0.717, 1.165) is 37.1 Å². The van der Waals surface area contributed by atoms with E-state index in [-0.39, 0.29) is 29.3 Å². The fourth-order valence-corrected chi connectivity index (χ4v) is 14.5. The lowest BCUT2D eigenvalue weighted by atomic mass is 9.32. The summed E-state index contributed by atoms with van der Waals surface area (Å²) in [5.41, 5.74) is 0.817. The van der Waals surface area contributed by atoms with Crippen molar-refractivity contribution < 1.29 is 19.4 Å². The van der Waals surface area contributed by atoms with Gasteiger partial charge >= 0.3 is 11.9 Å². The molecule has 2 N–H and O–H groups in total. The first kappa shape index (κ1) is 38.6. The van der Waals surface area contributed by atoms with E-state index >= 15 is 0 Å². The molecule has 1 unspecified atom stereocenters. The maximum atomic E-state index is 13.1. The van der Waals surface area contributed by atoms with Crippen molar-refractivity contribution in [2.75, 3.05) is 33.7 Å². The number of hydrogen-bond donors (Lipinski definition) is 2. The lowest BCUT2D eigenvalue weighted by Gasteiger charge is -2.73. The van der Waals surface area contributed by atoms with E-state index in [0.29, 0.717) is 33.5 Å². The molecule has 0 bridgehead atoms. The number of aliphatic carboxylic acids is 1. The molecule has 6 heteroatoms. The normalized spacial score (nSPS) is 42.9. The summed E-state index contributed by atoms with van der Waals surface area (Å²) in [5, 5.41) is 13.5. The van der Waals surface area contributed by atoms with Crippen LogP contribution in [0.2, 0.25) is 0 Å². The van der Waals surface area contributed by atoms with Crippen LogP contribution in [0.15, 0.2) is 0 Å². The summed E-state index contributed by atoms with van der Waals surface area (Å²) in [6, 6.07) is 0. The van der Waals surface area contributed by atoms with E-state index in [1.165, 1.54) is 96.6 Å². The second-order valence-electron chi connectivity index (χ2n) is 21.6. The van der Waals surface area contributed by atoms with Crippen molar-refractivity contribution in [1.82, 2.24) is 10.2 Å². The van der Waals surface area contributed by atoms with Crippen LogP contribution in [0.1, 0.15) is 158 Å². The molecule has 0 spiro atoms. The first-order valence-corrected chi connectivity index (χ1v) is 21.0. The third-order valence-electron chi connectivity index (χ3n) is 17.9. The zero-order chi connectivity index (χ0) is 36.5. The average molecular weight is 697 g/mol. The minimum Gasteiger partial charge on any atom is -0.481 e. The predicted molar refractivity (Wildman–Crippen MR) is 203 cm³/mol. The van der Waals surface area contributed by atoms with Gasteiger partial charge in [-0.2, -0.15) is 0 Å². The maximum absolute atomic E-state index is 13.1. The molecule has 50 heavy (non-hydrogen) atoms. The average Bonchev–Trinajstić information content (AvgIpc) is 3.64. The lowest BCUT2D eigenvalue weighted by molar-refractivity contribution is -0.252. The highest BCUT2D eigenvalue weighted by atomic mass is 16.5. The van der Waals surface area contributed by atoms with Gasteiger partial charge in [0.2, 0.25) is 0 Å². The van der Waals surface area contributed by atoms with Crippen molar-refractivity contribution in [3.63, 3.8) is 0 Å². The zero-order valence-electron chi connectivity index (χ0n) is 34.0. The molecule has 0 aromatic carbocycles. The number of carbonyl (C=O) groups excluding carboxylic acids is 1. The van der Waals surface area contributed by atoms with Gasteiger partial charge in [0.05, 0.1) is 11.8 Å². The number of rotatable bonds is 13. The number of carboxylic acids is 1. The fourth-order valence-electron chi connectivity index (χ4n) is 14.5. The predicted octanol–water partition coefficient (Wildman–Crippen LogP) is 9.60. The Balaban J connectivity index is 1.19. The first-order valence-electron chi connectivity index (χ1n) is 21.0. The van der Waals surface area contributed by atoms with Gasteiger partial charge in [-0.3, -0.25) is 9.59 Å². The molecule has 0 aliphatic heterocycles. The zero-order valence-corrected chi connectivity index (χ0v) is 34.0. The van der Waals surface area contributed by atoms with Crippen LogP contribution >= 0.6 is 0 Å². The summed E-state index contributed by atoms with van der Waals surface area (Å²) in [5.74, 6) is 2.54. The highest BCUT2D eigenvalue weighted by molar-refractivity contribution is 5.81. The Bertz CT molecular complexity index is 1270. The molecule has 6 saturated carbocycles. The number of esters is 1. The smallest absolute Gasteiger partial charge is 0.309 e. The number of carbonyl (C=O) groups is 2. The van der Waals surface area contributed by atoms with Gasteiger partial charge in [0, 0.05) is 5.41 Å². The van der Waals surface area contributed by atoms with Crippen LogP contribution in [0.5, 0.6) is 0 Å². The molecule has 10 atom stereocenters. The SMILES string of the molecule is CN(C)CCCCNCC[C@]12CCC(C3(C)CC3)[C@@H]1[C@H]1CC[C@@H]3[C@@]4(C)CC[C@H](OC(=O)CC(C)(C)C(=O)O)C(C)(C)[C@@H]4CC[C@@]3(C)[C@]1(C)CC2. The van der Waals surface area contributed by atoms with Crippen LogP contribution < -0.4 is 5.32 Å². The Morgan fingerprint density at radius 1 is 0.780 bits per heavy atom. The molecule has 0 aromatic heterocycles. The van der Waals surface area contributed by atoms with Crippen molar-refractivity contribution in [3.05, 3.63) is 0 Å². The lowest BCUT2D eigenvalue weighted by Crippen LogP contribution is -2.67. The molecule has 6 fully saturated rings. The Hall–Kier alpha value is -1.14. The third kappa shape index (κ3) is 6.32. The molecule has 0 aromatic rings. The number of unbranched alkanes of at least 4 members (excludes halogenated alkanes) is 1. The Labute approximate surface area is 306 Å². The number of fused-ring (bicyclic) bond motifs is 7. The second kappa shape index (κ2) is 13.3. The molecule has 6 aliphatic carbocycles. The van der Waals surface area contributed by atoms with Gasteiger partial charge in [-0.15, -0.1) is 0 Å². The molecule has 286 valence electrons. The van der Waals surface area contributed by atoms with Crippen LogP contribution in [0.4, 0.5) is 0 Å². The Morgan fingerprint density at radius 3 is 2.16 bits per heavy atom. The fraction of sp³-hybridized carbons (Fsp3) is 0.955. The molecule has 0 amide bonds. The minimum atomic E-state index is -1.11. The number of hydrogen-bond acceptors (Lipinski definition) is 5. The van der Waals surface area contributed by atoms with Gasteiger partial charge < -0.3 is 20.1 Å². The summed E-state index contributed by atoms with van der Waals surface area (Å²) in [4.78, 5) is 27.2. The van der Waals surface area contributed by atoms with Gasteiger partial charge in [0.15, 0.2) is 0 Å². The summed E-state index contributed by atoms with van der Waals surface area (Å²) in [6.45, 7) is 22.3. The number of nitrogens with zero attached hydrogens (tertiary/aromatic N) is 1. The molecule has 6 rings (SSSR count). The van der Waals surface area contributed by atoms with Gasteiger partial charge in [0.1, 0.15) is 6.10 Å². The Morgan fingerprint density at radius 2 is 1.50 bits per heavy atom. The van der Waals surface area contributed by atoms with Crippen molar-refractivity contribution >= 4 is 11.9 Å². The molecule has 6 nitrogen and oxygen atoms in total. The molecule has 6 aliphatic rings. The van der Waals surface area contributed by atoms with Gasteiger partial charge in [-0.1, -0.05) is 41.5 Å². The van der Waals surface area contributed by atoms with Crippen LogP contribution in [0.25, 0.3) is 0 Å². The third-order valence-corrected chi connectivity index (χ3v) is 17.9. The summed E-state index contributed by atoms with van der Waals surface area (Å²) in [7, 11) is 4.36. The molecule has 0 heterocycles. The molecular formula is C44H76N2O4. The van der Waals surface area contributed by atoms with E-state index in [1.807, 2.05) is 0 Å². The van der Waals surface area contributed by atoms with Crippen LogP contribution in [-0.2, 0) is 14.3 Å². The van der Waals surface area contributed by atoms with Crippen LogP contribution in [0.3, 0.4) is 0 Å². The van der Waals surface area contributed by atoms with E-state index < -0.39 is 11.4 Å². The first-order chi connectivity index (χ1) is 23.3. The maximum Gasteiger partial charge on any atom is 0.309 e. The van der Waals surface area contributed by atoms with Crippen molar-refractivity contribution in [2.24, 2.45) is 67.5 Å². The van der Waals surface area contributed by atoms with E-state index in [1.54, 1.807) is 13.8 Å². The van der Waals surface area contributed by atoms with E-state index in [9.17, 15) is 14.7 Å². The van der Waals surface area contributed by atoms with Crippen molar-refractivity contribution in [2.45, 2.75) is 164 Å². The van der Waals surface area contributed by atoms with Crippen LogP contribution in [-0.4, -0.2) is 61.8 Å². The topological polar surface area (TPSA) is 78.9 Å².